The van der Waals surface area contributed by atoms with Gasteiger partial charge in [0, 0.05) is 12.6 Å². The fourth-order valence-electron chi connectivity index (χ4n) is 2.07. The van der Waals surface area contributed by atoms with Gasteiger partial charge in [0.15, 0.2) is 0 Å². The Labute approximate surface area is 137 Å². The fourth-order valence-corrected chi connectivity index (χ4v) is 2.69. The van der Waals surface area contributed by atoms with Gasteiger partial charge < -0.3 is 11.1 Å². The van der Waals surface area contributed by atoms with Crippen molar-refractivity contribution >= 4 is 22.9 Å². The van der Waals surface area contributed by atoms with Gasteiger partial charge in [-0.2, -0.15) is 13.2 Å². The van der Waals surface area contributed by atoms with Crippen LogP contribution in [0, 0.1) is 0 Å². The molecule has 0 aliphatic heterocycles. The van der Waals surface area contributed by atoms with E-state index in [1.54, 1.807) is 0 Å². The number of hydrogen-bond acceptors (Lipinski definition) is 3. The molecule has 124 valence electrons. The Morgan fingerprint density at radius 3 is 2.74 bits per heavy atom. The average molecular weight is 341 g/mol. The van der Waals surface area contributed by atoms with Crippen LogP contribution in [0.2, 0.25) is 0 Å². The molecule has 3 nitrogen and oxygen atoms in total. The number of amidine groups is 1. The van der Waals surface area contributed by atoms with E-state index in [0.29, 0.717) is 18.1 Å². The summed E-state index contributed by atoms with van der Waals surface area (Å²) in [6, 6.07) is 10.4. The number of nitrogens with one attached hydrogen (secondary N) is 1. The molecule has 3 N–H and O–H groups in total. The number of aliphatic imine (C=N–C) groups is 1. The number of nitrogens with zero attached hydrogens (tertiary/aromatic N) is 1. The van der Waals surface area contributed by atoms with Crippen molar-refractivity contribution < 1.29 is 13.2 Å². The van der Waals surface area contributed by atoms with Crippen molar-refractivity contribution in [3.8, 4) is 0 Å². The van der Waals surface area contributed by atoms with Gasteiger partial charge in [-0.15, -0.1) is 11.3 Å². The summed E-state index contributed by atoms with van der Waals surface area (Å²) < 4.78 is 36.9. The van der Waals surface area contributed by atoms with Crippen LogP contribution in [0.1, 0.15) is 23.8 Å². The number of rotatable bonds is 6. The Hall–Kier alpha value is -1.86. The predicted octanol–water partition coefficient (Wildman–Crippen LogP) is 4.22. The lowest BCUT2D eigenvalue weighted by molar-refractivity contribution is -0.139. The Morgan fingerprint density at radius 1 is 1.30 bits per heavy atom. The summed E-state index contributed by atoms with van der Waals surface area (Å²) in [4.78, 5) is 5.23. The zero-order valence-corrected chi connectivity index (χ0v) is 13.4. The van der Waals surface area contributed by atoms with Crippen molar-refractivity contribution in [2.75, 3.05) is 0 Å². The predicted molar refractivity (Wildman–Crippen MR) is 88.1 cm³/mol. The molecule has 1 heterocycles. The largest absolute Gasteiger partial charge is 0.390 e. The first-order valence-electron chi connectivity index (χ1n) is 7.10. The maximum Gasteiger partial charge on any atom is 0.390 e. The van der Waals surface area contributed by atoms with Gasteiger partial charge >= 0.3 is 6.18 Å². The molecule has 0 aliphatic rings. The van der Waals surface area contributed by atoms with Crippen LogP contribution in [0.3, 0.4) is 0 Å². The lowest BCUT2D eigenvalue weighted by Crippen LogP contribution is -2.30. The van der Waals surface area contributed by atoms with E-state index in [0.717, 1.165) is 10.4 Å². The van der Waals surface area contributed by atoms with Crippen molar-refractivity contribution in [1.82, 2.24) is 5.32 Å². The van der Waals surface area contributed by atoms with Crippen LogP contribution in [0.5, 0.6) is 0 Å². The monoisotopic (exact) mass is 341 g/mol. The quantitative estimate of drug-likeness (QED) is 0.611. The summed E-state index contributed by atoms with van der Waals surface area (Å²) in [5, 5.41) is 4.78. The summed E-state index contributed by atoms with van der Waals surface area (Å²) in [5.41, 5.74) is 7.47. The first-order chi connectivity index (χ1) is 10.8. The van der Waals surface area contributed by atoms with Crippen LogP contribution < -0.4 is 11.1 Å². The van der Waals surface area contributed by atoms with Gasteiger partial charge in [-0.3, -0.25) is 0 Å². The van der Waals surface area contributed by atoms with Crippen LogP contribution in [-0.4, -0.2) is 18.1 Å². The number of thiophene rings is 1. The van der Waals surface area contributed by atoms with E-state index in [-0.39, 0.29) is 0 Å². The van der Waals surface area contributed by atoms with Crippen molar-refractivity contribution in [3.63, 3.8) is 0 Å². The Balaban J connectivity index is 1.99. The molecule has 2 aromatic rings. The molecule has 0 fully saturated rings. The van der Waals surface area contributed by atoms with E-state index in [4.69, 9.17) is 5.73 Å². The maximum atomic E-state index is 12.3. The van der Waals surface area contributed by atoms with Crippen LogP contribution in [0.4, 0.5) is 18.9 Å². The summed E-state index contributed by atoms with van der Waals surface area (Å²) >= 11 is 1.50. The molecule has 2 rings (SSSR count). The molecule has 1 unspecified atom stereocenters. The Kier molecular flexibility index (Phi) is 5.79. The zero-order valence-electron chi connectivity index (χ0n) is 12.6. The normalized spacial score (nSPS) is 14.0. The molecule has 0 spiro atoms. The van der Waals surface area contributed by atoms with Gasteiger partial charge in [-0.1, -0.05) is 18.2 Å². The van der Waals surface area contributed by atoms with Gasteiger partial charge in [-0.25, -0.2) is 4.99 Å². The van der Waals surface area contributed by atoms with E-state index in [2.05, 4.69) is 10.3 Å². The summed E-state index contributed by atoms with van der Waals surface area (Å²) in [5.74, 6) is 0.426. The second kappa shape index (κ2) is 7.61. The SMILES string of the molecule is CC(CC(F)(F)F)NCc1cccc(N=C(N)c2cccs2)c1. The van der Waals surface area contributed by atoms with Gasteiger partial charge in [0.25, 0.3) is 0 Å². The topological polar surface area (TPSA) is 50.4 Å². The zero-order chi connectivity index (χ0) is 16.9. The molecule has 1 atom stereocenters. The molecule has 0 bridgehead atoms. The number of hydrogen-bond donors (Lipinski definition) is 2. The highest BCUT2D eigenvalue weighted by atomic mass is 32.1. The Morgan fingerprint density at radius 2 is 2.09 bits per heavy atom. The third-order valence-electron chi connectivity index (χ3n) is 3.13. The Bertz CT molecular complexity index is 651. The number of nitrogens with two attached hydrogens (primary N) is 1. The van der Waals surface area contributed by atoms with Crippen molar-refractivity contribution in [2.24, 2.45) is 10.7 Å². The highest BCUT2D eigenvalue weighted by molar-refractivity contribution is 7.12. The number of halogens is 3. The minimum atomic E-state index is -4.16. The molecule has 0 aliphatic carbocycles. The van der Waals surface area contributed by atoms with E-state index >= 15 is 0 Å². The van der Waals surface area contributed by atoms with Crippen LogP contribution in [0.15, 0.2) is 46.8 Å². The summed E-state index contributed by atoms with van der Waals surface area (Å²) in [6.07, 6.45) is -5.01. The van der Waals surface area contributed by atoms with Crippen molar-refractivity contribution in [3.05, 3.63) is 52.2 Å². The van der Waals surface area contributed by atoms with Crippen molar-refractivity contribution in [1.29, 1.82) is 0 Å². The lowest BCUT2D eigenvalue weighted by atomic mass is 10.1. The highest BCUT2D eigenvalue weighted by Gasteiger charge is 2.29. The lowest BCUT2D eigenvalue weighted by Gasteiger charge is -2.15. The molecule has 0 radical (unpaired) electrons. The van der Waals surface area contributed by atoms with Gasteiger partial charge in [0.1, 0.15) is 5.84 Å². The average Bonchev–Trinajstić information content (AvgIpc) is 2.98. The van der Waals surface area contributed by atoms with Crippen LogP contribution in [-0.2, 0) is 6.54 Å². The molecular weight excluding hydrogens is 323 g/mol. The second-order valence-corrected chi connectivity index (χ2v) is 6.19. The molecule has 7 heteroatoms. The van der Waals surface area contributed by atoms with Crippen LogP contribution in [0.25, 0.3) is 0 Å². The minimum absolute atomic E-state index is 0.347. The summed E-state index contributed by atoms with van der Waals surface area (Å²) in [6.45, 7) is 1.86. The molecule has 23 heavy (non-hydrogen) atoms. The summed E-state index contributed by atoms with van der Waals surface area (Å²) in [7, 11) is 0. The smallest absolute Gasteiger partial charge is 0.383 e. The molecule has 1 aromatic heterocycles. The van der Waals surface area contributed by atoms with E-state index in [9.17, 15) is 13.2 Å². The maximum absolute atomic E-state index is 12.3. The highest BCUT2D eigenvalue weighted by Crippen LogP contribution is 2.22. The van der Waals surface area contributed by atoms with Gasteiger partial charge in [0.2, 0.25) is 0 Å². The van der Waals surface area contributed by atoms with E-state index in [1.165, 1.54) is 18.3 Å². The van der Waals surface area contributed by atoms with Crippen LogP contribution >= 0.6 is 11.3 Å². The van der Waals surface area contributed by atoms with Crippen molar-refractivity contribution in [2.45, 2.75) is 32.1 Å². The van der Waals surface area contributed by atoms with E-state index in [1.807, 2.05) is 41.8 Å². The first kappa shape index (κ1) is 17.5. The third-order valence-corrected chi connectivity index (χ3v) is 4.02. The van der Waals surface area contributed by atoms with Gasteiger partial charge in [0.05, 0.1) is 17.0 Å². The third kappa shape index (κ3) is 6.03. The molecule has 0 saturated heterocycles. The fraction of sp³-hybridized carbons (Fsp3) is 0.312. The van der Waals surface area contributed by atoms with E-state index < -0.39 is 18.6 Å². The molecular formula is C16H18F3N3S. The number of benzene rings is 1. The first-order valence-corrected chi connectivity index (χ1v) is 7.98. The molecule has 0 amide bonds. The standard InChI is InChI=1S/C16H18F3N3S/c1-11(9-16(17,18)19)21-10-12-4-2-5-13(8-12)22-15(20)14-6-3-7-23-14/h2-8,11,21H,9-10H2,1H3,(H2,20,22). The second-order valence-electron chi connectivity index (χ2n) is 5.25. The minimum Gasteiger partial charge on any atom is -0.383 e. The van der Waals surface area contributed by atoms with Gasteiger partial charge in [-0.05, 0) is 36.1 Å². The molecule has 0 saturated carbocycles. The molecule has 1 aromatic carbocycles. The number of alkyl halides is 3.